The van der Waals surface area contributed by atoms with Crippen LogP contribution >= 0.6 is 24.0 Å². The summed E-state index contributed by atoms with van der Waals surface area (Å²) in [6.45, 7) is 14.9. The molecule has 2 aromatic heterocycles. The molecule has 3 rings (SSSR count). The van der Waals surface area contributed by atoms with Crippen LogP contribution in [-0.2, 0) is 26.6 Å². The van der Waals surface area contributed by atoms with Gasteiger partial charge in [0.25, 0.3) is 0 Å². The maximum absolute atomic E-state index is 4.88. The number of aromatic nitrogens is 4. The van der Waals surface area contributed by atoms with E-state index in [9.17, 15) is 0 Å². The molecule has 1 aromatic carbocycles. The molecule has 180 valence electrons. The Bertz CT molecular complexity index is 1070. The van der Waals surface area contributed by atoms with Crippen LogP contribution in [0, 0.1) is 27.7 Å². The van der Waals surface area contributed by atoms with E-state index in [2.05, 4.69) is 86.2 Å². The number of aliphatic imine (C=N–C) groups is 1. The summed E-state index contributed by atoms with van der Waals surface area (Å²) < 4.78 is 4.03. The Morgan fingerprint density at radius 3 is 2.27 bits per heavy atom. The number of rotatable bonds is 8. The average molecular weight is 564 g/mol. The highest BCUT2D eigenvalue weighted by molar-refractivity contribution is 14.0. The number of aryl methyl sites for hydroxylation is 3. The van der Waals surface area contributed by atoms with Crippen LogP contribution in [0.5, 0.6) is 0 Å². The molecule has 7 nitrogen and oxygen atoms in total. The van der Waals surface area contributed by atoms with Gasteiger partial charge in [-0.15, -0.1) is 24.0 Å². The third-order valence-electron chi connectivity index (χ3n) is 6.00. The van der Waals surface area contributed by atoms with Gasteiger partial charge in [0.1, 0.15) is 0 Å². The smallest absolute Gasteiger partial charge is 0.191 e. The van der Waals surface area contributed by atoms with E-state index in [4.69, 9.17) is 10.1 Å². The van der Waals surface area contributed by atoms with Crippen LogP contribution in [0.1, 0.15) is 53.3 Å². The van der Waals surface area contributed by atoms with Gasteiger partial charge >= 0.3 is 0 Å². The van der Waals surface area contributed by atoms with Crippen molar-refractivity contribution in [3.63, 3.8) is 0 Å². The first kappa shape index (κ1) is 26.9. The fourth-order valence-electron chi connectivity index (χ4n) is 4.05. The van der Waals surface area contributed by atoms with Gasteiger partial charge in [0.2, 0.25) is 0 Å². The molecule has 0 spiro atoms. The van der Waals surface area contributed by atoms with Crippen molar-refractivity contribution < 1.29 is 0 Å². The van der Waals surface area contributed by atoms with Gasteiger partial charge in [-0.25, -0.2) is 4.99 Å². The minimum Gasteiger partial charge on any atom is -0.357 e. The lowest BCUT2D eigenvalue weighted by molar-refractivity contribution is 0.635. The Labute approximate surface area is 215 Å². The van der Waals surface area contributed by atoms with Gasteiger partial charge in [-0.2, -0.15) is 10.2 Å². The molecule has 0 fully saturated rings. The summed E-state index contributed by atoms with van der Waals surface area (Å²) in [6, 6.07) is 10.7. The summed E-state index contributed by atoms with van der Waals surface area (Å²) >= 11 is 0. The lowest BCUT2D eigenvalue weighted by Gasteiger charge is -2.18. The lowest BCUT2D eigenvalue weighted by atomic mass is 10.1. The van der Waals surface area contributed by atoms with Crippen LogP contribution in [0.3, 0.4) is 0 Å². The summed E-state index contributed by atoms with van der Waals surface area (Å²) in [7, 11) is 2.00. The zero-order valence-corrected chi connectivity index (χ0v) is 23.3. The second kappa shape index (κ2) is 12.2. The van der Waals surface area contributed by atoms with Gasteiger partial charge in [-0.3, -0.25) is 9.36 Å². The quantitative estimate of drug-likeness (QED) is 0.245. The molecule has 0 saturated heterocycles. The summed E-state index contributed by atoms with van der Waals surface area (Å²) in [4.78, 5) is 4.88. The molecule has 8 heteroatoms. The SMILES string of the molecule is CCNC(=NCc1c(C)nn(Cc2ccccc2)c1C)NC(C)Cc1c(C)nn(C)c1C.I. The van der Waals surface area contributed by atoms with E-state index in [1.165, 1.54) is 28.1 Å². The van der Waals surface area contributed by atoms with E-state index in [1.54, 1.807) is 0 Å². The van der Waals surface area contributed by atoms with Crippen LogP contribution in [0.15, 0.2) is 35.3 Å². The zero-order chi connectivity index (χ0) is 23.3. The monoisotopic (exact) mass is 563 g/mol. The molecule has 0 bridgehead atoms. The van der Waals surface area contributed by atoms with Crippen LogP contribution in [0.2, 0.25) is 0 Å². The number of guanidine groups is 1. The standard InChI is InChI=1S/C25H37N7.HI/c1-8-26-25(28-17(2)14-23-18(3)29-31(7)20(23)5)27-15-24-19(4)30-32(21(24)6)16-22-12-10-9-11-13-22;/h9-13,17H,8,14-16H2,1-7H3,(H2,26,27,28);1H. The first-order valence-electron chi connectivity index (χ1n) is 11.4. The van der Waals surface area contributed by atoms with Crippen LogP contribution in [-0.4, -0.2) is 38.1 Å². The molecular weight excluding hydrogens is 525 g/mol. The summed E-state index contributed by atoms with van der Waals surface area (Å²) in [5.41, 5.74) is 8.25. The largest absolute Gasteiger partial charge is 0.357 e. The van der Waals surface area contributed by atoms with E-state index in [1.807, 2.05) is 17.8 Å². The van der Waals surface area contributed by atoms with Crippen molar-refractivity contribution in [3.05, 3.63) is 69.8 Å². The Balaban J connectivity index is 0.00000385. The van der Waals surface area contributed by atoms with Gasteiger partial charge in [0.05, 0.1) is 24.5 Å². The van der Waals surface area contributed by atoms with Gasteiger partial charge < -0.3 is 10.6 Å². The molecule has 3 aromatic rings. The van der Waals surface area contributed by atoms with Crippen molar-refractivity contribution in [3.8, 4) is 0 Å². The highest BCUT2D eigenvalue weighted by Gasteiger charge is 2.15. The average Bonchev–Trinajstić information content (AvgIpc) is 3.15. The van der Waals surface area contributed by atoms with Crippen molar-refractivity contribution in [2.24, 2.45) is 12.0 Å². The molecule has 0 saturated carbocycles. The van der Waals surface area contributed by atoms with Gasteiger partial charge in [-0.1, -0.05) is 30.3 Å². The molecule has 0 aliphatic rings. The number of halogens is 1. The zero-order valence-electron chi connectivity index (χ0n) is 20.9. The summed E-state index contributed by atoms with van der Waals surface area (Å²) in [6.07, 6.45) is 0.906. The van der Waals surface area contributed by atoms with Crippen molar-refractivity contribution in [2.75, 3.05) is 6.54 Å². The minimum absolute atomic E-state index is 0. The number of benzene rings is 1. The third-order valence-corrected chi connectivity index (χ3v) is 6.00. The van der Waals surface area contributed by atoms with Gasteiger partial charge in [0, 0.05) is 36.6 Å². The predicted molar refractivity (Wildman–Crippen MR) is 146 cm³/mol. The van der Waals surface area contributed by atoms with E-state index < -0.39 is 0 Å². The maximum atomic E-state index is 4.88. The Hall–Kier alpha value is -2.36. The third kappa shape index (κ3) is 6.82. The lowest BCUT2D eigenvalue weighted by Crippen LogP contribution is -2.43. The number of nitrogens with zero attached hydrogens (tertiary/aromatic N) is 5. The molecule has 1 atom stereocenters. The Morgan fingerprint density at radius 2 is 1.67 bits per heavy atom. The maximum Gasteiger partial charge on any atom is 0.191 e. The number of hydrogen-bond acceptors (Lipinski definition) is 3. The fraction of sp³-hybridized carbons (Fsp3) is 0.480. The second-order valence-corrected chi connectivity index (χ2v) is 8.51. The van der Waals surface area contributed by atoms with E-state index in [0.29, 0.717) is 6.54 Å². The van der Waals surface area contributed by atoms with Crippen molar-refractivity contribution >= 4 is 29.9 Å². The van der Waals surface area contributed by atoms with Crippen LogP contribution in [0.25, 0.3) is 0 Å². The topological polar surface area (TPSA) is 72.1 Å². The van der Waals surface area contributed by atoms with Crippen molar-refractivity contribution in [1.29, 1.82) is 0 Å². The molecule has 0 amide bonds. The normalized spacial score (nSPS) is 12.4. The molecule has 0 aliphatic carbocycles. The Morgan fingerprint density at radius 1 is 1.00 bits per heavy atom. The summed E-state index contributed by atoms with van der Waals surface area (Å²) in [5, 5.41) is 16.2. The molecule has 33 heavy (non-hydrogen) atoms. The van der Waals surface area contributed by atoms with Gasteiger partial charge in [-0.05, 0) is 59.1 Å². The molecule has 1 unspecified atom stereocenters. The van der Waals surface area contributed by atoms with Crippen molar-refractivity contribution in [1.82, 2.24) is 30.2 Å². The Kier molecular flexibility index (Phi) is 9.94. The second-order valence-electron chi connectivity index (χ2n) is 8.51. The van der Waals surface area contributed by atoms with E-state index in [0.717, 1.165) is 36.9 Å². The van der Waals surface area contributed by atoms with E-state index in [-0.39, 0.29) is 30.0 Å². The molecule has 0 aliphatic heterocycles. The van der Waals surface area contributed by atoms with Crippen LogP contribution in [0.4, 0.5) is 0 Å². The number of nitrogens with one attached hydrogen (secondary N) is 2. The molecule has 0 radical (unpaired) electrons. The highest BCUT2D eigenvalue weighted by atomic mass is 127. The van der Waals surface area contributed by atoms with Gasteiger partial charge in [0.15, 0.2) is 5.96 Å². The fourth-order valence-corrected chi connectivity index (χ4v) is 4.05. The number of hydrogen-bond donors (Lipinski definition) is 2. The molecule has 2 N–H and O–H groups in total. The predicted octanol–water partition coefficient (Wildman–Crippen LogP) is 4.20. The van der Waals surface area contributed by atoms with Crippen LogP contribution < -0.4 is 10.6 Å². The summed E-state index contributed by atoms with van der Waals surface area (Å²) in [5.74, 6) is 0.828. The van der Waals surface area contributed by atoms with E-state index >= 15 is 0 Å². The molecular formula is C25H38IN7. The first-order valence-corrected chi connectivity index (χ1v) is 11.4. The molecule has 2 heterocycles. The van der Waals surface area contributed by atoms with Crippen molar-refractivity contribution in [2.45, 2.75) is 67.1 Å². The highest BCUT2D eigenvalue weighted by Crippen LogP contribution is 2.17. The first-order chi connectivity index (χ1) is 15.3. The minimum atomic E-state index is 0.